The van der Waals surface area contributed by atoms with Crippen molar-refractivity contribution in [1.29, 1.82) is 0 Å². The van der Waals surface area contributed by atoms with E-state index >= 15 is 0 Å². The van der Waals surface area contributed by atoms with E-state index in [0.717, 1.165) is 0 Å². The normalized spacial score (nSPS) is 9.72. The minimum Gasteiger partial charge on any atom is -0.493 e. The fourth-order valence-corrected chi connectivity index (χ4v) is 1.44. The molecule has 0 aliphatic rings. The Balaban J connectivity index is 2.57. The Morgan fingerprint density at radius 2 is 1.89 bits per heavy atom. The minimum absolute atomic E-state index is 0.0576. The molecule has 100 valence electrons. The van der Waals surface area contributed by atoms with Gasteiger partial charge in [-0.15, -0.1) is 11.6 Å². The summed E-state index contributed by atoms with van der Waals surface area (Å²) in [6, 6.07) is 5.35. The molecule has 0 bridgehead atoms. The zero-order valence-corrected chi connectivity index (χ0v) is 11.1. The summed E-state index contributed by atoms with van der Waals surface area (Å²) in [6.07, 6.45) is 0. The van der Waals surface area contributed by atoms with E-state index in [1.165, 1.54) is 0 Å². The first-order valence-electron chi connectivity index (χ1n) is 5.39. The third-order valence-electron chi connectivity index (χ3n) is 2.17. The number of carbonyl (C=O) groups is 1. The first-order valence-corrected chi connectivity index (χ1v) is 5.92. The van der Waals surface area contributed by atoms with E-state index < -0.39 is 0 Å². The van der Waals surface area contributed by atoms with Gasteiger partial charge in [-0.2, -0.15) is 0 Å². The van der Waals surface area contributed by atoms with Gasteiger partial charge in [-0.1, -0.05) is 6.07 Å². The second-order valence-electron chi connectivity index (χ2n) is 3.32. The summed E-state index contributed by atoms with van der Waals surface area (Å²) < 4.78 is 15.9. The highest BCUT2D eigenvalue weighted by atomic mass is 35.5. The molecule has 0 aliphatic carbocycles. The van der Waals surface area contributed by atoms with Gasteiger partial charge in [0.2, 0.25) is 11.7 Å². The summed E-state index contributed by atoms with van der Waals surface area (Å²) in [4.78, 5) is 10.9. The highest BCUT2D eigenvalue weighted by Gasteiger charge is 2.10. The van der Waals surface area contributed by atoms with Crippen molar-refractivity contribution in [1.82, 2.24) is 5.32 Å². The van der Waals surface area contributed by atoms with Gasteiger partial charge in [0, 0.05) is 0 Å². The van der Waals surface area contributed by atoms with Crippen LogP contribution in [0.5, 0.6) is 17.2 Å². The number of ether oxygens (including phenoxy) is 3. The maximum absolute atomic E-state index is 10.9. The molecule has 0 fully saturated rings. The molecule has 6 heteroatoms. The number of methoxy groups -OCH3 is 2. The van der Waals surface area contributed by atoms with Crippen LogP contribution in [0.15, 0.2) is 18.2 Å². The Labute approximate surface area is 111 Å². The van der Waals surface area contributed by atoms with Gasteiger partial charge in [0.25, 0.3) is 0 Å². The van der Waals surface area contributed by atoms with Crippen molar-refractivity contribution in [3.63, 3.8) is 0 Å². The average Bonchev–Trinajstić information content (AvgIpc) is 2.42. The van der Waals surface area contributed by atoms with Crippen LogP contribution in [0.4, 0.5) is 0 Å². The largest absolute Gasteiger partial charge is 0.493 e. The smallest absolute Gasteiger partial charge is 0.235 e. The van der Waals surface area contributed by atoms with Gasteiger partial charge in [-0.05, 0) is 12.1 Å². The molecule has 0 aliphatic heterocycles. The van der Waals surface area contributed by atoms with Gasteiger partial charge < -0.3 is 19.5 Å². The fourth-order valence-electron chi connectivity index (χ4n) is 1.35. The standard InChI is InChI=1S/C12H16ClNO4/c1-16-9-4-3-5-10(17-2)12(9)18-7-6-14-11(15)8-13/h3-5H,6-8H2,1-2H3,(H,14,15). The van der Waals surface area contributed by atoms with Crippen LogP contribution in [-0.4, -0.2) is 39.2 Å². The zero-order valence-electron chi connectivity index (χ0n) is 10.4. The van der Waals surface area contributed by atoms with E-state index in [2.05, 4.69) is 5.32 Å². The number of para-hydroxylation sites is 1. The molecule has 0 unspecified atom stereocenters. The first-order chi connectivity index (χ1) is 8.72. The zero-order chi connectivity index (χ0) is 13.4. The molecule has 1 N–H and O–H groups in total. The number of alkyl halides is 1. The average molecular weight is 274 g/mol. The van der Waals surface area contributed by atoms with E-state index in [1.807, 2.05) is 0 Å². The molecule has 1 aromatic carbocycles. The summed E-state index contributed by atoms with van der Waals surface area (Å²) in [5, 5.41) is 2.60. The van der Waals surface area contributed by atoms with E-state index in [0.29, 0.717) is 30.4 Å². The predicted molar refractivity (Wildman–Crippen MR) is 68.8 cm³/mol. The summed E-state index contributed by atoms with van der Waals surface area (Å²) >= 11 is 5.35. The molecule has 1 rings (SSSR count). The van der Waals surface area contributed by atoms with Crippen LogP contribution >= 0.6 is 11.6 Å². The van der Waals surface area contributed by atoms with Crippen molar-refractivity contribution in [2.45, 2.75) is 0 Å². The van der Waals surface area contributed by atoms with Crippen LogP contribution in [0.2, 0.25) is 0 Å². The van der Waals surface area contributed by atoms with E-state index in [4.69, 9.17) is 25.8 Å². The number of carbonyl (C=O) groups excluding carboxylic acids is 1. The number of halogens is 1. The highest BCUT2D eigenvalue weighted by molar-refractivity contribution is 6.27. The monoisotopic (exact) mass is 273 g/mol. The Hall–Kier alpha value is -1.62. The van der Waals surface area contributed by atoms with Crippen LogP contribution in [0.1, 0.15) is 0 Å². The van der Waals surface area contributed by atoms with E-state index in [1.54, 1.807) is 32.4 Å². The molecular weight excluding hydrogens is 258 g/mol. The van der Waals surface area contributed by atoms with Crippen LogP contribution in [-0.2, 0) is 4.79 Å². The lowest BCUT2D eigenvalue weighted by Crippen LogP contribution is -2.28. The van der Waals surface area contributed by atoms with Gasteiger partial charge in [-0.3, -0.25) is 4.79 Å². The van der Waals surface area contributed by atoms with Crippen molar-refractivity contribution in [3.8, 4) is 17.2 Å². The van der Waals surface area contributed by atoms with Gasteiger partial charge in [0.05, 0.1) is 20.8 Å². The molecule has 0 saturated carbocycles. The van der Waals surface area contributed by atoms with Gasteiger partial charge in [0.1, 0.15) is 12.5 Å². The van der Waals surface area contributed by atoms with Crippen molar-refractivity contribution in [2.75, 3.05) is 33.3 Å². The number of hydrogen-bond donors (Lipinski definition) is 1. The number of rotatable bonds is 7. The second-order valence-corrected chi connectivity index (χ2v) is 3.59. The third-order valence-corrected chi connectivity index (χ3v) is 2.42. The van der Waals surface area contributed by atoms with Gasteiger partial charge in [-0.25, -0.2) is 0 Å². The van der Waals surface area contributed by atoms with Crippen LogP contribution in [0, 0.1) is 0 Å². The fraction of sp³-hybridized carbons (Fsp3) is 0.417. The number of amides is 1. The summed E-state index contributed by atoms with van der Waals surface area (Å²) in [7, 11) is 3.10. The molecule has 0 atom stereocenters. The Morgan fingerprint density at radius 3 is 2.39 bits per heavy atom. The molecule has 0 aromatic heterocycles. The topological polar surface area (TPSA) is 56.8 Å². The Kier molecular flexibility index (Phi) is 6.14. The van der Waals surface area contributed by atoms with Crippen molar-refractivity contribution >= 4 is 17.5 Å². The van der Waals surface area contributed by atoms with Gasteiger partial charge in [0.15, 0.2) is 11.5 Å². The third kappa shape index (κ3) is 4.00. The molecule has 0 saturated heterocycles. The SMILES string of the molecule is COc1cccc(OC)c1OCCNC(=O)CCl. The quantitative estimate of drug-likeness (QED) is 0.603. The second kappa shape index (κ2) is 7.66. The summed E-state index contributed by atoms with van der Waals surface area (Å²) in [5.74, 6) is 1.39. The van der Waals surface area contributed by atoms with Crippen LogP contribution in [0.3, 0.4) is 0 Å². The predicted octanol–water partition coefficient (Wildman–Crippen LogP) is 1.44. The molecule has 0 heterocycles. The Morgan fingerprint density at radius 1 is 1.28 bits per heavy atom. The summed E-state index contributed by atoms with van der Waals surface area (Å²) in [6.45, 7) is 0.673. The minimum atomic E-state index is -0.229. The lowest BCUT2D eigenvalue weighted by Gasteiger charge is -2.14. The summed E-state index contributed by atoms with van der Waals surface area (Å²) in [5.41, 5.74) is 0. The molecule has 0 radical (unpaired) electrons. The number of hydrogen-bond acceptors (Lipinski definition) is 4. The molecular formula is C12H16ClNO4. The van der Waals surface area contributed by atoms with Crippen molar-refractivity contribution < 1.29 is 19.0 Å². The number of nitrogens with one attached hydrogen (secondary N) is 1. The van der Waals surface area contributed by atoms with E-state index in [9.17, 15) is 4.79 Å². The molecule has 0 spiro atoms. The maximum atomic E-state index is 10.9. The lowest BCUT2D eigenvalue weighted by molar-refractivity contribution is -0.118. The molecule has 1 amide bonds. The number of benzene rings is 1. The Bertz CT molecular complexity index is 375. The first kappa shape index (κ1) is 14.4. The highest BCUT2D eigenvalue weighted by Crippen LogP contribution is 2.36. The van der Waals surface area contributed by atoms with E-state index in [-0.39, 0.29) is 11.8 Å². The van der Waals surface area contributed by atoms with Crippen LogP contribution in [0.25, 0.3) is 0 Å². The van der Waals surface area contributed by atoms with Crippen molar-refractivity contribution in [2.24, 2.45) is 0 Å². The van der Waals surface area contributed by atoms with Crippen LogP contribution < -0.4 is 19.5 Å². The molecule has 18 heavy (non-hydrogen) atoms. The lowest BCUT2D eigenvalue weighted by atomic mass is 10.3. The molecule has 1 aromatic rings. The molecule has 5 nitrogen and oxygen atoms in total. The van der Waals surface area contributed by atoms with Gasteiger partial charge >= 0.3 is 0 Å². The maximum Gasteiger partial charge on any atom is 0.235 e. The van der Waals surface area contributed by atoms with Crippen molar-refractivity contribution in [3.05, 3.63) is 18.2 Å².